The van der Waals surface area contributed by atoms with E-state index in [1.807, 2.05) is 37.3 Å². The maximum absolute atomic E-state index is 13.0. The topological polar surface area (TPSA) is 84.0 Å². The fourth-order valence-corrected chi connectivity index (χ4v) is 4.30. The first-order valence-electron chi connectivity index (χ1n) is 9.51. The second-order valence-electron chi connectivity index (χ2n) is 6.92. The first-order valence-corrected chi connectivity index (χ1v) is 11.0. The molecule has 148 valence electrons. The van der Waals surface area contributed by atoms with Gasteiger partial charge in [0.15, 0.2) is 11.6 Å². The molecule has 0 spiro atoms. The number of unbranched alkanes of at least 4 members (excludes halogenated alkanes) is 2. The molecule has 0 saturated carbocycles. The van der Waals surface area contributed by atoms with Gasteiger partial charge in [-0.3, -0.25) is 4.72 Å². The lowest BCUT2D eigenvalue weighted by Crippen LogP contribution is -2.18. The van der Waals surface area contributed by atoms with Crippen molar-refractivity contribution in [2.24, 2.45) is 0 Å². The molecule has 0 bridgehead atoms. The molecule has 7 heteroatoms. The van der Waals surface area contributed by atoms with Crippen LogP contribution in [0.4, 0.5) is 11.6 Å². The first kappa shape index (κ1) is 20.1. The third kappa shape index (κ3) is 4.59. The highest BCUT2D eigenvalue weighted by molar-refractivity contribution is 7.92. The molecule has 0 aliphatic rings. The average Bonchev–Trinajstić information content (AvgIpc) is 2.67. The van der Waals surface area contributed by atoms with E-state index < -0.39 is 10.0 Å². The molecular formula is C21H26N4O2S. The van der Waals surface area contributed by atoms with E-state index in [4.69, 9.17) is 0 Å². The van der Waals surface area contributed by atoms with Crippen LogP contribution in [0.25, 0.3) is 11.0 Å². The van der Waals surface area contributed by atoms with Gasteiger partial charge in [0.2, 0.25) is 0 Å². The van der Waals surface area contributed by atoms with Crippen LogP contribution in [-0.2, 0) is 10.0 Å². The molecule has 0 saturated heterocycles. The average molecular weight is 399 g/mol. The molecule has 3 rings (SSSR count). The summed E-state index contributed by atoms with van der Waals surface area (Å²) in [5, 5.41) is 3.24. The van der Waals surface area contributed by atoms with Crippen LogP contribution in [0.3, 0.4) is 0 Å². The number of para-hydroxylation sites is 2. The van der Waals surface area contributed by atoms with Crippen LogP contribution in [0.5, 0.6) is 0 Å². The Bertz CT molecular complexity index is 1080. The summed E-state index contributed by atoms with van der Waals surface area (Å²) in [6.07, 6.45) is 3.18. The van der Waals surface area contributed by atoms with Crippen LogP contribution in [-0.4, -0.2) is 24.9 Å². The number of sulfonamides is 1. The normalized spacial score (nSPS) is 11.5. The predicted molar refractivity (Wildman–Crippen MR) is 114 cm³/mol. The van der Waals surface area contributed by atoms with Gasteiger partial charge in [0.05, 0.1) is 15.9 Å². The zero-order valence-corrected chi connectivity index (χ0v) is 17.3. The van der Waals surface area contributed by atoms with Crippen molar-refractivity contribution in [3.05, 3.63) is 53.6 Å². The van der Waals surface area contributed by atoms with Gasteiger partial charge in [-0.1, -0.05) is 44.0 Å². The Morgan fingerprint density at radius 2 is 1.61 bits per heavy atom. The van der Waals surface area contributed by atoms with Gasteiger partial charge >= 0.3 is 0 Å². The Kier molecular flexibility index (Phi) is 6.14. The Labute approximate surface area is 166 Å². The Morgan fingerprint density at radius 1 is 0.929 bits per heavy atom. The molecular weight excluding hydrogens is 372 g/mol. The summed E-state index contributed by atoms with van der Waals surface area (Å²) in [6.45, 7) is 6.50. The Balaban J connectivity index is 1.98. The maximum Gasteiger partial charge on any atom is 0.263 e. The van der Waals surface area contributed by atoms with Gasteiger partial charge in [0, 0.05) is 6.54 Å². The van der Waals surface area contributed by atoms with Crippen molar-refractivity contribution in [1.29, 1.82) is 0 Å². The lowest BCUT2D eigenvalue weighted by Gasteiger charge is -2.15. The van der Waals surface area contributed by atoms with Crippen LogP contribution in [0.2, 0.25) is 0 Å². The molecule has 0 aliphatic heterocycles. The van der Waals surface area contributed by atoms with Crippen LogP contribution in [0.1, 0.15) is 37.3 Å². The molecule has 0 amide bonds. The molecule has 3 aromatic rings. The quantitative estimate of drug-likeness (QED) is 0.540. The van der Waals surface area contributed by atoms with Gasteiger partial charge in [-0.05, 0) is 49.6 Å². The summed E-state index contributed by atoms with van der Waals surface area (Å²) < 4.78 is 28.7. The van der Waals surface area contributed by atoms with Crippen molar-refractivity contribution in [2.45, 2.75) is 44.9 Å². The van der Waals surface area contributed by atoms with Crippen molar-refractivity contribution in [3.63, 3.8) is 0 Å². The number of nitrogens with zero attached hydrogens (tertiary/aromatic N) is 2. The molecule has 1 heterocycles. The largest absolute Gasteiger partial charge is 0.367 e. The summed E-state index contributed by atoms with van der Waals surface area (Å²) >= 11 is 0. The predicted octanol–water partition coefficient (Wildman–Crippen LogP) is 4.65. The number of fused-ring (bicyclic) bond motifs is 1. The van der Waals surface area contributed by atoms with Crippen LogP contribution < -0.4 is 10.0 Å². The van der Waals surface area contributed by atoms with Gasteiger partial charge in [-0.2, -0.15) is 0 Å². The van der Waals surface area contributed by atoms with E-state index in [0.717, 1.165) is 30.3 Å². The van der Waals surface area contributed by atoms with Crippen molar-refractivity contribution >= 4 is 32.7 Å². The Hall–Kier alpha value is -2.67. The van der Waals surface area contributed by atoms with Crippen LogP contribution >= 0.6 is 0 Å². The molecule has 2 aromatic carbocycles. The fourth-order valence-electron chi connectivity index (χ4n) is 2.96. The molecule has 28 heavy (non-hydrogen) atoms. The maximum atomic E-state index is 13.0. The summed E-state index contributed by atoms with van der Waals surface area (Å²) in [5.41, 5.74) is 2.92. The van der Waals surface area contributed by atoms with Gasteiger partial charge in [0.1, 0.15) is 0 Å². The summed E-state index contributed by atoms with van der Waals surface area (Å²) in [5.74, 6) is 0.666. The number of benzene rings is 2. The van der Waals surface area contributed by atoms with Crippen molar-refractivity contribution in [3.8, 4) is 0 Å². The third-order valence-corrected chi connectivity index (χ3v) is 5.99. The van der Waals surface area contributed by atoms with Crippen molar-refractivity contribution < 1.29 is 8.42 Å². The lowest BCUT2D eigenvalue weighted by atomic mass is 10.2. The highest BCUT2D eigenvalue weighted by Gasteiger charge is 2.20. The Morgan fingerprint density at radius 3 is 2.29 bits per heavy atom. The highest BCUT2D eigenvalue weighted by Crippen LogP contribution is 2.26. The monoisotopic (exact) mass is 398 g/mol. The van der Waals surface area contributed by atoms with E-state index >= 15 is 0 Å². The van der Waals surface area contributed by atoms with Gasteiger partial charge in [0.25, 0.3) is 10.0 Å². The number of hydrogen-bond acceptors (Lipinski definition) is 5. The number of hydrogen-bond donors (Lipinski definition) is 2. The highest BCUT2D eigenvalue weighted by atomic mass is 32.2. The number of nitrogens with one attached hydrogen (secondary N) is 2. The first-order chi connectivity index (χ1) is 13.4. The van der Waals surface area contributed by atoms with Crippen LogP contribution in [0.15, 0.2) is 47.4 Å². The lowest BCUT2D eigenvalue weighted by molar-refractivity contribution is 0.600. The second-order valence-corrected chi connectivity index (χ2v) is 8.57. The number of aromatic nitrogens is 2. The molecule has 0 unspecified atom stereocenters. The minimum atomic E-state index is -3.79. The molecule has 0 fully saturated rings. The zero-order chi connectivity index (χ0) is 20.1. The van der Waals surface area contributed by atoms with Gasteiger partial charge in [-0.15, -0.1) is 0 Å². The number of anilines is 2. The number of aryl methyl sites for hydroxylation is 2. The summed E-state index contributed by atoms with van der Waals surface area (Å²) in [6, 6.07) is 12.8. The SMILES string of the molecule is CCCCCNc1nc2ccccc2nc1NS(=O)(=O)c1cc(C)ccc1C. The fraction of sp³-hybridized carbons (Fsp3) is 0.333. The summed E-state index contributed by atoms with van der Waals surface area (Å²) in [7, 11) is -3.79. The minimum Gasteiger partial charge on any atom is -0.367 e. The molecule has 0 aliphatic carbocycles. The van der Waals surface area contributed by atoms with E-state index in [9.17, 15) is 8.42 Å². The van der Waals surface area contributed by atoms with Gasteiger partial charge in [-0.25, -0.2) is 18.4 Å². The second kappa shape index (κ2) is 8.56. The number of rotatable bonds is 8. The van der Waals surface area contributed by atoms with E-state index in [1.165, 1.54) is 0 Å². The molecule has 0 radical (unpaired) electrons. The molecule has 2 N–H and O–H groups in total. The smallest absolute Gasteiger partial charge is 0.263 e. The minimum absolute atomic E-state index is 0.219. The van der Waals surface area contributed by atoms with E-state index in [1.54, 1.807) is 19.1 Å². The van der Waals surface area contributed by atoms with Crippen molar-refractivity contribution in [1.82, 2.24) is 9.97 Å². The standard InChI is InChI=1S/C21H26N4O2S/c1-4-5-8-13-22-20-21(24-18-10-7-6-9-17(18)23-20)25-28(26,27)19-14-15(2)11-12-16(19)3/h6-7,9-12,14H,4-5,8,13H2,1-3H3,(H,22,23)(H,24,25). The molecule has 0 atom stereocenters. The third-order valence-electron chi connectivity index (χ3n) is 4.51. The zero-order valence-electron chi connectivity index (χ0n) is 16.5. The molecule has 6 nitrogen and oxygen atoms in total. The van der Waals surface area contributed by atoms with Gasteiger partial charge < -0.3 is 5.32 Å². The summed E-state index contributed by atoms with van der Waals surface area (Å²) in [4.78, 5) is 9.36. The van der Waals surface area contributed by atoms with E-state index in [0.29, 0.717) is 23.4 Å². The molecule has 1 aromatic heterocycles. The van der Waals surface area contributed by atoms with E-state index in [-0.39, 0.29) is 10.7 Å². The van der Waals surface area contributed by atoms with Crippen molar-refractivity contribution in [2.75, 3.05) is 16.6 Å². The van der Waals surface area contributed by atoms with E-state index in [2.05, 4.69) is 26.9 Å². The van der Waals surface area contributed by atoms with Crippen LogP contribution in [0, 0.1) is 13.8 Å².